The molecule has 0 spiro atoms. The Labute approximate surface area is 145 Å². The van der Waals surface area contributed by atoms with Crippen molar-refractivity contribution in [2.24, 2.45) is 5.41 Å². The van der Waals surface area contributed by atoms with Crippen LogP contribution in [0, 0.1) is 19.3 Å². The van der Waals surface area contributed by atoms with Gasteiger partial charge in [0, 0.05) is 45.0 Å². The van der Waals surface area contributed by atoms with Crippen molar-refractivity contribution in [3.05, 3.63) is 17.0 Å². The van der Waals surface area contributed by atoms with E-state index in [1.165, 1.54) is 0 Å². The molecule has 1 fully saturated rings. The average molecular weight is 336 g/mol. The number of β-amino-alcohol motifs (C(OH)–C–C–N with tert-alkyl or cyclic N) is 1. The Morgan fingerprint density at radius 1 is 1.21 bits per heavy atom. The molecule has 1 aromatic heterocycles. The van der Waals surface area contributed by atoms with Gasteiger partial charge in [-0.1, -0.05) is 20.8 Å². The first-order chi connectivity index (χ1) is 11.1. The van der Waals surface area contributed by atoms with Gasteiger partial charge in [-0.3, -0.25) is 14.4 Å². The lowest BCUT2D eigenvalue weighted by Crippen LogP contribution is -2.51. The molecule has 0 bridgehead atoms. The summed E-state index contributed by atoms with van der Waals surface area (Å²) in [6, 6.07) is 0. The van der Waals surface area contributed by atoms with Crippen molar-refractivity contribution in [3.63, 3.8) is 0 Å². The predicted octanol–water partition coefficient (Wildman–Crippen LogP) is 1.68. The van der Waals surface area contributed by atoms with Crippen LogP contribution in [0.5, 0.6) is 0 Å². The third-order valence-corrected chi connectivity index (χ3v) is 4.99. The zero-order chi connectivity index (χ0) is 18.1. The lowest BCUT2D eigenvalue weighted by molar-refractivity contribution is 0.0136. The molecule has 0 saturated carbocycles. The Bertz CT molecular complexity index is 581. The van der Waals surface area contributed by atoms with E-state index in [9.17, 15) is 9.90 Å². The van der Waals surface area contributed by atoms with Crippen LogP contribution in [0.3, 0.4) is 0 Å². The molecule has 1 aliphatic rings. The standard InChI is InChI=1S/C18H32N4O2/c1-7-22-14(3)16(13(2)19-22)17(24)21-10-8-20(9-11-21)12-15(23)18(4,5)6/h15,23H,7-12H2,1-6H3/t15-/m0/s1. The van der Waals surface area contributed by atoms with Gasteiger partial charge in [0.2, 0.25) is 0 Å². The van der Waals surface area contributed by atoms with Crippen molar-refractivity contribution in [1.82, 2.24) is 19.6 Å². The van der Waals surface area contributed by atoms with E-state index in [2.05, 4.69) is 10.00 Å². The molecule has 1 aromatic rings. The Kier molecular flexibility index (Phi) is 5.71. The summed E-state index contributed by atoms with van der Waals surface area (Å²) >= 11 is 0. The number of aryl methyl sites for hydroxylation is 2. The third kappa shape index (κ3) is 3.98. The maximum atomic E-state index is 12.9. The number of hydrogen-bond donors (Lipinski definition) is 1. The number of piperazine rings is 1. The van der Waals surface area contributed by atoms with E-state index in [0.717, 1.165) is 36.6 Å². The van der Waals surface area contributed by atoms with E-state index in [-0.39, 0.29) is 17.4 Å². The molecule has 1 aliphatic heterocycles. The van der Waals surface area contributed by atoms with E-state index in [4.69, 9.17) is 0 Å². The lowest BCUT2D eigenvalue weighted by Gasteiger charge is -2.38. The molecule has 1 saturated heterocycles. The van der Waals surface area contributed by atoms with E-state index in [1.54, 1.807) is 0 Å². The summed E-state index contributed by atoms with van der Waals surface area (Å²) in [6.07, 6.45) is -0.355. The Morgan fingerprint density at radius 3 is 2.25 bits per heavy atom. The largest absolute Gasteiger partial charge is 0.391 e. The van der Waals surface area contributed by atoms with Gasteiger partial charge in [-0.15, -0.1) is 0 Å². The van der Waals surface area contributed by atoms with Crippen LogP contribution in [-0.2, 0) is 6.54 Å². The minimum atomic E-state index is -0.355. The van der Waals surface area contributed by atoms with Crippen molar-refractivity contribution in [3.8, 4) is 0 Å². The molecule has 0 radical (unpaired) electrons. The van der Waals surface area contributed by atoms with Crippen molar-refractivity contribution >= 4 is 5.91 Å². The van der Waals surface area contributed by atoms with E-state index in [0.29, 0.717) is 19.6 Å². The van der Waals surface area contributed by atoms with Crippen molar-refractivity contribution in [2.45, 2.75) is 54.2 Å². The van der Waals surface area contributed by atoms with Crippen LogP contribution in [0.25, 0.3) is 0 Å². The first-order valence-electron chi connectivity index (χ1n) is 8.88. The zero-order valence-electron chi connectivity index (χ0n) is 16.0. The lowest BCUT2D eigenvalue weighted by atomic mass is 9.89. The minimum absolute atomic E-state index is 0.0840. The van der Waals surface area contributed by atoms with Crippen LogP contribution in [-0.4, -0.2) is 69.4 Å². The summed E-state index contributed by atoms with van der Waals surface area (Å²) in [5, 5.41) is 14.7. The number of hydrogen-bond acceptors (Lipinski definition) is 4. The van der Waals surface area contributed by atoms with Gasteiger partial charge in [-0.05, 0) is 26.2 Å². The predicted molar refractivity (Wildman–Crippen MR) is 95.2 cm³/mol. The number of carbonyl (C=O) groups excluding carboxylic acids is 1. The average Bonchev–Trinajstić information content (AvgIpc) is 2.80. The molecule has 1 atom stereocenters. The first kappa shape index (κ1) is 18.9. The molecule has 1 amide bonds. The molecule has 0 aromatic carbocycles. The molecule has 6 heteroatoms. The van der Waals surface area contributed by atoms with Crippen molar-refractivity contribution < 1.29 is 9.90 Å². The van der Waals surface area contributed by atoms with Gasteiger partial charge in [0.1, 0.15) is 0 Å². The normalized spacial score (nSPS) is 18.0. The fourth-order valence-corrected chi connectivity index (χ4v) is 3.12. The molecule has 24 heavy (non-hydrogen) atoms. The van der Waals surface area contributed by atoms with Gasteiger partial charge >= 0.3 is 0 Å². The van der Waals surface area contributed by atoms with E-state index < -0.39 is 0 Å². The summed E-state index contributed by atoms with van der Waals surface area (Å²) < 4.78 is 1.89. The molecular weight excluding hydrogens is 304 g/mol. The zero-order valence-corrected chi connectivity index (χ0v) is 16.0. The summed E-state index contributed by atoms with van der Waals surface area (Å²) in [7, 11) is 0. The minimum Gasteiger partial charge on any atom is -0.391 e. The first-order valence-corrected chi connectivity index (χ1v) is 8.88. The second-order valence-corrected chi connectivity index (χ2v) is 7.84. The molecular formula is C18H32N4O2. The van der Waals surface area contributed by atoms with E-state index >= 15 is 0 Å². The molecule has 0 aliphatic carbocycles. The Balaban J connectivity index is 1.97. The SMILES string of the molecule is CCn1nc(C)c(C(=O)N2CCN(C[C@H](O)C(C)(C)C)CC2)c1C. The fraction of sp³-hybridized carbons (Fsp3) is 0.778. The van der Waals surface area contributed by atoms with Gasteiger partial charge in [0.05, 0.1) is 17.4 Å². The monoisotopic (exact) mass is 336 g/mol. The van der Waals surface area contributed by atoms with E-state index in [1.807, 2.05) is 51.1 Å². The highest BCUT2D eigenvalue weighted by Gasteiger charge is 2.29. The highest BCUT2D eigenvalue weighted by molar-refractivity contribution is 5.96. The van der Waals surface area contributed by atoms with Crippen LogP contribution < -0.4 is 0 Å². The molecule has 136 valence electrons. The van der Waals surface area contributed by atoms with Crippen molar-refractivity contribution in [1.29, 1.82) is 0 Å². The van der Waals surface area contributed by atoms with Crippen LogP contribution in [0.15, 0.2) is 0 Å². The maximum Gasteiger partial charge on any atom is 0.257 e. The highest BCUT2D eigenvalue weighted by atomic mass is 16.3. The maximum absolute atomic E-state index is 12.9. The van der Waals surface area contributed by atoms with Crippen LogP contribution in [0.2, 0.25) is 0 Å². The van der Waals surface area contributed by atoms with Crippen LogP contribution in [0.4, 0.5) is 0 Å². The molecule has 2 rings (SSSR count). The fourth-order valence-electron chi connectivity index (χ4n) is 3.12. The highest BCUT2D eigenvalue weighted by Crippen LogP contribution is 2.21. The van der Waals surface area contributed by atoms with Gasteiger partial charge in [-0.25, -0.2) is 0 Å². The number of rotatable bonds is 4. The number of amides is 1. The number of aliphatic hydroxyl groups is 1. The Morgan fingerprint density at radius 2 is 1.79 bits per heavy atom. The number of aliphatic hydroxyl groups excluding tert-OH is 1. The quantitative estimate of drug-likeness (QED) is 0.909. The van der Waals surface area contributed by atoms with Gasteiger partial charge in [0.15, 0.2) is 0 Å². The molecule has 6 nitrogen and oxygen atoms in total. The number of nitrogens with zero attached hydrogens (tertiary/aromatic N) is 4. The second kappa shape index (κ2) is 7.23. The summed E-state index contributed by atoms with van der Waals surface area (Å²) in [5.74, 6) is 0.0840. The second-order valence-electron chi connectivity index (χ2n) is 7.84. The number of aromatic nitrogens is 2. The molecule has 0 unspecified atom stereocenters. The van der Waals surface area contributed by atoms with Crippen LogP contribution in [0.1, 0.15) is 49.4 Å². The molecule has 1 N–H and O–H groups in total. The summed E-state index contributed by atoms with van der Waals surface area (Å²) in [6.45, 7) is 16.5. The third-order valence-electron chi connectivity index (χ3n) is 4.99. The summed E-state index contributed by atoms with van der Waals surface area (Å²) in [4.78, 5) is 17.0. The van der Waals surface area contributed by atoms with Crippen molar-refractivity contribution in [2.75, 3.05) is 32.7 Å². The molecule has 2 heterocycles. The summed E-state index contributed by atoms with van der Waals surface area (Å²) in [5.41, 5.74) is 2.39. The Hall–Kier alpha value is -1.40. The topological polar surface area (TPSA) is 61.6 Å². The van der Waals surface area contributed by atoms with Gasteiger partial charge in [-0.2, -0.15) is 5.10 Å². The smallest absolute Gasteiger partial charge is 0.257 e. The van der Waals surface area contributed by atoms with Gasteiger partial charge in [0.25, 0.3) is 5.91 Å². The van der Waals surface area contributed by atoms with Crippen LogP contribution >= 0.6 is 0 Å². The number of carbonyl (C=O) groups is 1. The van der Waals surface area contributed by atoms with Gasteiger partial charge < -0.3 is 10.0 Å².